The Balaban J connectivity index is 1.92. The van der Waals surface area contributed by atoms with Crippen LogP contribution in [-0.4, -0.2) is 22.3 Å². The van der Waals surface area contributed by atoms with Crippen LogP contribution in [0.5, 0.6) is 5.75 Å². The van der Waals surface area contributed by atoms with Gasteiger partial charge in [0.05, 0.1) is 6.61 Å². The monoisotopic (exact) mass is 288 g/mol. The zero-order valence-electron chi connectivity index (χ0n) is 12.2. The molecule has 0 saturated heterocycles. The number of nitrogens with two attached hydrogens (primary N) is 1. The molecule has 0 fully saturated rings. The van der Waals surface area contributed by atoms with Gasteiger partial charge in [-0.2, -0.15) is 5.10 Å². The van der Waals surface area contributed by atoms with E-state index in [4.69, 9.17) is 10.5 Å². The fraction of sp³-hybridized carbons (Fsp3) is 0.333. The molecule has 0 radical (unpaired) electrons. The zero-order valence-corrected chi connectivity index (χ0v) is 12.2. The topological polar surface area (TPSA) is 82.2 Å². The smallest absolute Gasteiger partial charge is 0.246 e. The molecule has 1 aromatic carbocycles. The second kappa shape index (κ2) is 6.78. The van der Waals surface area contributed by atoms with Crippen LogP contribution >= 0.6 is 0 Å². The molecular formula is C15H20N4O2. The van der Waals surface area contributed by atoms with Crippen LogP contribution in [0.25, 0.3) is 0 Å². The fourth-order valence-corrected chi connectivity index (χ4v) is 1.74. The highest BCUT2D eigenvalue weighted by atomic mass is 16.5. The number of hydrogen-bond donors (Lipinski definition) is 2. The molecule has 0 bridgehead atoms. The summed E-state index contributed by atoms with van der Waals surface area (Å²) in [6.07, 6.45) is 1.66. The Kier molecular flexibility index (Phi) is 4.81. The van der Waals surface area contributed by atoms with Gasteiger partial charge >= 0.3 is 0 Å². The van der Waals surface area contributed by atoms with Gasteiger partial charge in [0.1, 0.15) is 18.1 Å². The first-order valence-electron chi connectivity index (χ1n) is 6.84. The summed E-state index contributed by atoms with van der Waals surface area (Å²) in [5, 5.41) is 6.77. The first-order valence-corrected chi connectivity index (χ1v) is 6.84. The molecule has 0 aliphatic carbocycles. The number of hydrogen-bond acceptors (Lipinski definition) is 4. The lowest BCUT2D eigenvalue weighted by atomic mass is 10.2. The minimum atomic E-state index is -0.167. The van der Waals surface area contributed by atoms with E-state index in [1.54, 1.807) is 18.3 Å². The minimum Gasteiger partial charge on any atom is -0.493 e. The van der Waals surface area contributed by atoms with Crippen molar-refractivity contribution in [3.8, 4) is 5.75 Å². The number of nitrogens with one attached hydrogen (secondary N) is 1. The highest BCUT2D eigenvalue weighted by Gasteiger charge is 2.06. The van der Waals surface area contributed by atoms with Crippen molar-refractivity contribution < 1.29 is 9.53 Å². The van der Waals surface area contributed by atoms with Gasteiger partial charge in [-0.05, 0) is 24.1 Å². The van der Waals surface area contributed by atoms with Crippen LogP contribution in [0, 0.1) is 5.92 Å². The van der Waals surface area contributed by atoms with Crippen LogP contribution in [-0.2, 0) is 11.3 Å². The first kappa shape index (κ1) is 14.9. The molecule has 0 atom stereocenters. The van der Waals surface area contributed by atoms with Gasteiger partial charge < -0.3 is 15.8 Å². The summed E-state index contributed by atoms with van der Waals surface area (Å²) in [4.78, 5) is 11.9. The minimum absolute atomic E-state index is 0.119. The number of rotatable bonds is 6. The fourth-order valence-electron chi connectivity index (χ4n) is 1.74. The van der Waals surface area contributed by atoms with E-state index in [2.05, 4.69) is 24.3 Å². The number of amides is 1. The predicted octanol–water partition coefficient (Wildman–Crippen LogP) is 2.14. The van der Waals surface area contributed by atoms with Gasteiger partial charge in [0.25, 0.3) is 0 Å². The molecule has 0 spiro atoms. The number of nitrogen functional groups attached to an aromatic ring is 1. The third-order valence-electron chi connectivity index (χ3n) is 2.67. The Hall–Kier alpha value is -2.50. The van der Waals surface area contributed by atoms with Crippen molar-refractivity contribution in [2.45, 2.75) is 20.4 Å². The summed E-state index contributed by atoms with van der Waals surface area (Å²) in [5.74, 6) is 1.42. The van der Waals surface area contributed by atoms with Crippen LogP contribution in [0.2, 0.25) is 0 Å². The third kappa shape index (κ3) is 4.83. The van der Waals surface area contributed by atoms with Crippen LogP contribution < -0.4 is 15.8 Å². The summed E-state index contributed by atoms with van der Waals surface area (Å²) in [6, 6.07) is 8.98. The summed E-state index contributed by atoms with van der Waals surface area (Å²) in [5.41, 5.74) is 6.20. The van der Waals surface area contributed by atoms with E-state index < -0.39 is 0 Å². The molecule has 2 rings (SSSR count). The molecule has 0 saturated carbocycles. The van der Waals surface area contributed by atoms with Crippen molar-refractivity contribution in [2.24, 2.45) is 5.92 Å². The first-order chi connectivity index (χ1) is 10.0. The van der Waals surface area contributed by atoms with Gasteiger partial charge in [-0.1, -0.05) is 19.9 Å². The molecule has 1 amide bonds. The van der Waals surface area contributed by atoms with Gasteiger partial charge in [0.2, 0.25) is 5.91 Å². The number of ether oxygens (including phenoxy) is 1. The summed E-state index contributed by atoms with van der Waals surface area (Å²) < 4.78 is 7.12. The predicted molar refractivity (Wildman–Crippen MR) is 82.0 cm³/mol. The maximum atomic E-state index is 11.9. The average molecular weight is 288 g/mol. The lowest BCUT2D eigenvalue weighted by molar-refractivity contribution is -0.116. The van der Waals surface area contributed by atoms with Crippen molar-refractivity contribution in [2.75, 3.05) is 17.7 Å². The molecular weight excluding hydrogens is 268 g/mol. The number of carbonyl (C=O) groups is 1. The molecule has 3 N–H and O–H groups in total. The largest absolute Gasteiger partial charge is 0.493 e. The van der Waals surface area contributed by atoms with Crippen molar-refractivity contribution >= 4 is 17.4 Å². The molecule has 0 aliphatic heterocycles. The number of anilines is 2. The lowest BCUT2D eigenvalue weighted by Crippen LogP contribution is -2.19. The van der Waals surface area contributed by atoms with Gasteiger partial charge in [0.15, 0.2) is 0 Å². The highest BCUT2D eigenvalue weighted by Crippen LogP contribution is 2.18. The second-order valence-electron chi connectivity index (χ2n) is 5.22. The summed E-state index contributed by atoms with van der Waals surface area (Å²) >= 11 is 0. The van der Waals surface area contributed by atoms with E-state index in [1.807, 2.05) is 18.2 Å². The third-order valence-corrected chi connectivity index (χ3v) is 2.67. The van der Waals surface area contributed by atoms with Crippen molar-refractivity contribution in [3.63, 3.8) is 0 Å². The van der Waals surface area contributed by atoms with Crippen LogP contribution in [0.1, 0.15) is 13.8 Å². The molecule has 0 unspecified atom stereocenters. The Morgan fingerprint density at radius 3 is 2.90 bits per heavy atom. The van der Waals surface area contributed by atoms with E-state index in [-0.39, 0.29) is 12.5 Å². The Morgan fingerprint density at radius 1 is 1.43 bits per heavy atom. The van der Waals surface area contributed by atoms with E-state index in [1.165, 1.54) is 4.68 Å². The van der Waals surface area contributed by atoms with E-state index >= 15 is 0 Å². The molecule has 2 aromatic rings. The Morgan fingerprint density at radius 2 is 2.24 bits per heavy atom. The summed E-state index contributed by atoms with van der Waals surface area (Å²) in [7, 11) is 0. The quantitative estimate of drug-likeness (QED) is 0.853. The van der Waals surface area contributed by atoms with Gasteiger partial charge in [-0.3, -0.25) is 9.48 Å². The lowest BCUT2D eigenvalue weighted by Gasteiger charge is -2.10. The maximum absolute atomic E-state index is 11.9. The number of benzene rings is 1. The SMILES string of the molecule is CC(C)COc1cccc(NC(=O)Cn2ccc(N)n2)c1. The molecule has 21 heavy (non-hydrogen) atoms. The van der Waals surface area contributed by atoms with Crippen molar-refractivity contribution in [1.29, 1.82) is 0 Å². The molecule has 0 aliphatic rings. The second-order valence-corrected chi connectivity index (χ2v) is 5.22. The molecule has 6 heteroatoms. The Bertz CT molecular complexity index is 607. The number of nitrogens with zero attached hydrogens (tertiary/aromatic N) is 2. The molecule has 1 heterocycles. The molecule has 6 nitrogen and oxygen atoms in total. The average Bonchev–Trinajstić information content (AvgIpc) is 2.82. The van der Waals surface area contributed by atoms with Gasteiger partial charge in [-0.15, -0.1) is 0 Å². The standard InChI is InChI=1S/C15H20N4O2/c1-11(2)10-21-13-5-3-4-12(8-13)17-15(20)9-19-7-6-14(16)18-19/h3-8,11H,9-10H2,1-2H3,(H2,16,18)(H,17,20). The number of carbonyl (C=O) groups excluding carboxylic acids is 1. The molecule has 1 aromatic heterocycles. The Labute approximate surface area is 123 Å². The highest BCUT2D eigenvalue weighted by molar-refractivity contribution is 5.90. The maximum Gasteiger partial charge on any atom is 0.246 e. The summed E-state index contributed by atoms with van der Waals surface area (Å²) in [6.45, 7) is 4.93. The van der Waals surface area contributed by atoms with Crippen LogP contribution in [0.15, 0.2) is 36.5 Å². The van der Waals surface area contributed by atoms with Crippen molar-refractivity contribution in [3.05, 3.63) is 36.5 Å². The van der Waals surface area contributed by atoms with Crippen LogP contribution in [0.3, 0.4) is 0 Å². The molecule has 112 valence electrons. The number of aromatic nitrogens is 2. The van der Waals surface area contributed by atoms with E-state index in [0.29, 0.717) is 24.0 Å². The van der Waals surface area contributed by atoms with E-state index in [9.17, 15) is 4.79 Å². The van der Waals surface area contributed by atoms with Crippen molar-refractivity contribution in [1.82, 2.24) is 9.78 Å². The van der Waals surface area contributed by atoms with Crippen LogP contribution in [0.4, 0.5) is 11.5 Å². The van der Waals surface area contributed by atoms with Gasteiger partial charge in [-0.25, -0.2) is 0 Å². The zero-order chi connectivity index (χ0) is 15.2. The normalized spacial score (nSPS) is 10.6. The van der Waals surface area contributed by atoms with Gasteiger partial charge in [0, 0.05) is 18.0 Å². The van der Waals surface area contributed by atoms with E-state index in [0.717, 1.165) is 5.75 Å².